The third kappa shape index (κ3) is 5.23. The van der Waals surface area contributed by atoms with E-state index in [1.807, 2.05) is 24.3 Å². The van der Waals surface area contributed by atoms with Crippen molar-refractivity contribution in [1.82, 2.24) is 19.9 Å². The van der Waals surface area contributed by atoms with Gasteiger partial charge in [-0.1, -0.05) is 123 Å². The van der Waals surface area contributed by atoms with Gasteiger partial charge < -0.3 is 0 Å². The van der Waals surface area contributed by atoms with Gasteiger partial charge in [0.05, 0.1) is 44.8 Å². The van der Waals surface area contributed by atoms with Gasteiger partial charge in [-0.25, -0.2) is 19.9 Å². The topological polar surface area (TPSA) is 51.6 Å². The molecule has 0 aliphatic carbocycles. The highest BCUT2D eigenvalue weighted by Gasteiger charge is 2.12. The van der Waals surface area contributed by atoms with Crippen LogP contribution in [-0.2, 0) is 0 Å². The van der Waals surface area contributed by atoms with Gasteiger partial charge in [-0.15, -0.1) is 0 Å². The van der Waals surface area contributed by atoms with E-state index in [1.165, 1.54) is 0 Å². The predicted molar refractivity (Wildman–Crippen MR) is 205 cm³/mol. The summed E-state index contributed by atoms with van der Waals surface area (Å²) >= 11 is 7.07. The molecule has 6 heteroatoms. The fraction of sp³-hybridized carbons (Fsp3) is 0. The lowest BCUT2D eigenvalue weighted by atomic mass is 10.0. The number of fused-ring (bicyclic) bond motifs is 6. The van der Waals surface area contributed by atoms with E-state index in [4.69, 9.17) is 19.9 Å². The highest BCUT2D eigenvalue weighted by Crippen LogP contribution is 2.33. The predicted octanol–water partition coefficient (Wildman–Crippen LogP) is 12.1. The fourth-order valence-electron chi connectivity index (χ4n) is 6.26. The summed E-state index contributed by atoms with van der Waals surface area (Å²) in [6.07, 6.45) is 0. The molecule has 0 spiro atoms. The van der Waals surface area contributed by atoms with Gasteiger partial charge in [0.2, 0.25) is 0 Å². The van der Waals surface area contributed by atoms with Gasteiger partial charge in [-0.2, -0.15) is 0 Å². The molecular formula is C42H24Br2N4. The minimum Gasteiger partial charge on any atom is -0.245 e. The Kier molecular flexibility index (Phi) is 7.07. The van der Waals surface area contributed by atoms with Crippen molar-refractivity contribution in [2.24, 2.45) is 0 Å². The lowest BCUT2D eigenvalue weighted by molar-refractivity contribution is 1.35. The first-order chi connectivity index (χ1) is 23.6. The normalized spacial score (nSPS) is 11.5. The van der Waals surface area contributed by atoms with Gasteiger partial charge in [0.15, 0.2) is 0 Å². The molecule has 226 valence electrons. The van der Waals surface area contributed by atoms with Crippen molar-refractivity contribution in [1.29, 1.82) is 0 Å². The second-order valence-electron chi connectivity index (χ2n) is 11.8. The maximum Gasteiger partial charge on any atom is 0.0972 e. The SMILES string of the molecule is Brc1ccc(-c2ccc3ccc4ccc(-c5cccc(-c6ccc7ccc8ccc(-c9ccc(Br)cc9)nc8c7n6)c5)nc4c3n2)cc1. The summed E-state index contributed by atoms with van der Waals surface area (Å²) in [5.74, 6) is 0. The van der Waals surface area contributed by atoms with E-state index in [9.17, 15) is 0 Å². The van der Waals surface area contributed by atoms with Crippen LogP contribution >= 0.6 is 31.9 Å². The van der Waals surface area contributed by atoms with Crippen LogP contribution < -0.4 is 0 Å². The average molecular weight is 744 g/mol. The van der Waals surface area contributed by atoms with Crippen LogP contribution in [0.25, 0.3) is 88.6 Å². The zero-order valence-electron chi connectivity index (χ0n) is 25.4. The first-order valence-electron chi connectivity index (χ1n) is 15.6. The van der Waals surface area contributed by atoms with Gasteiger partial charge in [0.1, 0.15) is 0 Å². The highest BCUT2D eigenvalue weighted by atomic mass is 79.9. The number of rotatable bonds is 4. The third-order valence-corrected chi connectivity index (χ3v) is 9.83. The molecule has 0 saturated heterocycles. The molecule has 0 bridgehead atoms. The standard InChI is InChI=1S/C42H24Br2N4/c43-33-16-8-25(9-17-33)35-20-12-27-4-6-29-14-22-37(47-41(29)39(27)45-35)31-2-1-3-32(24-31)38-23-15-30-7-5-28-13-21-36(46-40(28)42(30)48-38)26-10-18-34(44)19-11-26/h1-24H. The number of nitrogens with zero attached hydrogens (tertiary/aromatic N) is 4. The van der Waals surface area contributed by atoms with Gasteiger partial charge in [-0.05, 0) is 54.6 Å². The molecule has 0 radical (unpaired) electrons. The summed E-state index contributed by atoms with van der Waals surface area (Å²) in [4.78, 5) is 20.6. The van der Waals surface area contributed by atoms with Crippen molar-refractivity contribution in [2.75, 3.05) is 0 Å². The monoisotopic (exact) mass is 742 g/mol. The number of hydrogen-bond donors (Lipinski definition) is 0. The Bertz CT molecular complexity index is 2500. The van der Waals surface area contributed by atoms with Crippen LogP contribution in [0.3, 0.4) is 0 Å². The Morgan fingerprint density at radius 1 is 0.292 bits per heavy atom. The molecule has 48 heavy (non-hydrogen) atoms. The molecule has 0 aliphatic rings. The molecule has 5 aromatic carbocycles. The second-order valence-corrected chi connectivity index (χ2v) is 13.6. The first-order valence-corrected chi connectivity index (χ1v) is 17.2. The summed E-state index contributed by atoms with van der Waals surface area (Å²) in [7, 11) is 0. The van der Waals surface area contributed by atoms with Crippen LogP contribution in [0.15, 0.2) is 155 Å². The van der Waals surface area contributed by atoms with E-state index in [2.05, 4.69) is 153 Å². The van der Waals surface area contributed by atoms with Crippen molar-refractivity contribution in [3.05, 3.63) is 155 Å². The van der Waals surface area contributed by atoms with Crippen LogP contribution in [0.2, 0.25) is 0 Å². The lowest BCUT2D eigenvalue weighted by Crippen LogP contribution is -1.92. The summed E-state index contributed by atoms with van der Waals surface area (Å²) in [5.41, 5.74) is 11.3. The zero-order valence-corrected chi connectivity index (χ0v) is 28.6. The van der Waals surface area contributed by atoms with Gasteiger partial charge in [-0.3, -0.25) is 0 Å². The Morgan fingerprint density at radius 2 is 0.583 bits per heavy atom. The Morgan fingerprint density at radius 3 is 0.917 bits per heavy atom. The molecule has 0 aliphatic heterocycles. The van der Waals surface area contributed by atoms with E-state index in [-0.39, 0.29) is 0 Å². The molecule has 9 aromatic rings. The van der Waals surface area contributed by atoms with Crippen molar-refractivity contribution in [3.63, 3.8) is 0 Å². The van der Waals surface area contributed by atoms with E-state index in [0.29, 0.717) is 0 Å². The van der Waals surface area contributed by atoms with E-state index >= 15 is 0 Å². The second kappa shape index (κ2) is 11.7. The number of halogens is 2. The Balaban J connectivity index is 1.13. The summed E-state index contributed by atoms with van der Waals surface area (Å²) in [6.45, 7) is 0. The zero-order chi connectivity index (χ0) is 32.2. The minimum atomic E-state index is 0.886. The van der Waals surface area contributed by atoms with Crippen molar-refractivity contribution >= 4 is 75.5 Å². The molecule has 0 amide bonds. The van der Waals surface area contributed by atoms with Crippen molar-refractivity contribution < 1.29 is 0 Å². The molecule has 4 nitrogen and oxygen atoms in total. The summed E-state index contributed by atoms with van der Waals surface area (Å²) < 4.78 is 2.08. The minimum absolute atomic E-state index is 0.886. The molecule has 0 atom stereocenters. The van der Waals surface area contributed by atoms with Gasteiger partial charge in [0.25, 0.3) is 0 Å². The molecule has 4 heterocycles. The molecule has 0 fully saturated rings. The average Bonchev–Trinajstić information content (AvgIpc) is 3.14. The maximum atomic E-state index is 5.19. The number of pyridine rings is 4. The van der Waals surface area contributed by atoms with Gasteiger partial charge >= 0.3 is 0 Å². The third-order valence-electron chi connectivity index (χ3n) is 8.77. The van der Waals surface area contributed by atoms with Crippen molar-refractivity contribution in [3.8, 4) is 45.0 Å². The smallest absolute Gasteiger partial charge is 0.0972 e. The highest BCUT2D eigenvalue weighted by molar-refractivity contribution is 9.10. The quantitative estimate of drug-likeness (QED) is 0.168. The number of aromatic nitrogens is 4. The van der Waals surface area contributed by atoms with Gasteiger partial charge in [0, 0.05) is 52.7 Å². The van der Waals surface area contributed by atoms with E-state index in [0.717, 1.165) is 97.6 Å². The van der Waals surface area contributed by atoms with Crippen LogP contribution in [0.5, 0.6) is 0 Å². The lowest BCUT2D eigenvalue weighted by Gasteiger charge is -2.10. The molecule has 4 aromatic heterocycles. The fourth-order valence-corrected chi connectivity index (χ4v) is 6.79. The van der Waals surface area contributed by atoms with E-state index < -0.39 is 0 Å². The molecular weight excluding hydrogens is 720 g/mol. The first kappa shape index (κ1) is 28.9. The maximum absolute atomic E-state index is 5.19. The Hall–Kier alpha value is -5.30. The van der Waals surface area contributed by atoms with Crippen LogP contribution in [0.4, 0.5) is 0 Å². The van der Waals surface area contributed by atoms with Crippen LogP contribution in [0, 0.1) is 0 Å². The van der Waals surface area contributed by atoms with Crippen LogP contribution in [-0.4, -0.2) is 19.9 Å². The molecule has 0 unspecified atom stereocenters. The molecule has 0 N–H and O–H groups in total. The largest absolute Gasteiger partial charge is 0.245 e. The summed E-state index contributed by atoms with van der Waals surface area (Å²) in [6, 6.07) is 50.2. The molecule has 9 rings (SSSR count). The van der Waals surface area contributed by atoms with E-state index in [1.54, 1.807) is 0 Å². The van der Waals surface area contributed by atoms with Crippen LogP contribution in [0.1, 0.15) is 0 Å². The van der Waals surface area contributed by atoms with Crippen molar-refractivity contribution in [2.45, 2.75) is 0 Å². The molecule has 0 saturated carbocycles. The number of benzene rings is 5. The number of hydrogen-bond acceptors (Lipinski definition) is 4. The summed E-state index contributed by atoms with van der Waals surface area (Å²) in [5, 5.41) is 4.24. The Labute approximate surface area is 293 Å².